The summed E-state index contributed by atoms with van der Waals surface area (Å²) in [6.07, 6.45) is 2.78. The molecule has 106 valence electrons. The fourth-order valence-corrected chi connectivity index (χ4v) is 2.08. The largest absolute Gasteiger partial charge is 0.490 e. The molecule has 0 aliphatic rings. The number of ether oxygens (including phenoxy) is 2. The van der Waals surface area contributed by atoms with E-state index in [1.54, 1.807) is 0 Å². The lowest BCUT2D eigenvalue weighted by Gasteiger charge is -2.12. The van der Waals surface area contributed by atoms with Crippen LogP contribution in [-0.4, -0.2) is 11.6 Å². The molecule has 4 heteroatoms. The van der Waals surface area contributed by atoms with E-state index in [0.29, 0.717) is 18.2 Å². The van der Waals surface area contributed by atoms with Crippen LogP contribution in [0.25, 0.3) is 0 Å². The van der Waals surface area contributed by atoms with E-state index in [1.165, 1.54) is 0 Å². The third-order valence-electron chi connectivity index (χ3n) is 2.76. The SMILES string of the molecule is CCCOc1ccccc1Oc1ncc(CBr)cc1C. The zero-order valence-electron chi connectivity index (χ0n) is 11.7. The highest BCUT2D eigenvalue weighted by Crippen LogP contribution is 2.32. The zero-order chi connectivity index (χ0) is 14.4. The zero-order valence-corrected chi connectivity index (χ0v) is 13.3. The van der Waals surface area contributed by atoms with Crippen molar-refractivity contribution >= 4 is 15.9 Å². The molecule has 2 aromatic rings. The summed E-state index contributed by atoms with van der Waals surface area (Å²) in [6.45, 7) is 4.74. The highest BCUT2D eigenvalue weighted by molar-refractivity contribution is 9.08. The minimum Gasteiger partial charge on any atom is -0.490 e. The van der Waals surface area contributed by atoms with Crippen LogP contribution < -0.4 is 9.47 Å². The van der Waals surface area contributed by atoms with E-state index >= 15 is 0 Å². The molecular weight excluding hydrogens is 318 g/mol. The van der Waals surface area contributed by atoms with Crippen LogP contribution in [0.5, 0.6) is 17.4 Å². The average Bonchev–Trinajstić information content (AvgIpc) is 2.48. The van der Waals surface area contributed by atoms with Gasteiger partial charge in [0.2, 0.25) is 5.88 Å². The number of aryl methyl sites for hydroxylation is 1. The highest BCUT2D eigenvalue weighted by atomic mass is 79.9. The lowest BCUT2D eigenvalue weighted by Crippen LogP contribution is -1.99. The second kappa shape index (κ2) is 7.29. The van der Waals surface area contributed by atoms with Gasteiger partial charge in [-0.1, -0.05) is 35.0 Å². The second-order valence-corrected chi connectivity index (χ2v) is 5.06. The van der Waals surface area contributed by atoms with Crippen molar-refractivity contribution in [3.05, 3.63) is 47.7 Å². The number of hydrogen-bond acceptors (Lipinski definition) is 3. The van der Waals surface area contributed by atoms with Crippen molar-refractivity contribution in [3.63, 3.8) is 0 Å². The maximum atomic E-state index is 5.89. The number of nitrogens with zero attached hydrogens (tertiary/aromatic N) is 1. The summed E-state index contributed by atoms with van der Waals surface area (Å²) >= 11 is 3.42. The number of halogens is 1. The lowest BCUT2D eigenvalue weighted by molar-refractivity contribution is 0.300. The fraction of sp³-hybridized carbons (Fsp3) is 0.312. The van der Waals surface area contributed by atoms with Gasteiger partial charge < -0.3 is 9.47 Å². The molecule has 3 nitrogen and oxygen atoms in total. The van der Waals surface area contributed by atoms with Crippen molar-refractivity contribution in [3.8, 4) is 17.4 Å². The van der Waals surface area contributed by atoms with Gasteiger partial charge in [0, 0.05) is 17.1 Å². The van der Waals surface area contributed by atoms with Crippen LogP contribution in [-0.2, 0) is 5.33 Å². The van der Waals surface area contributed by atoms with Crippen molar-refractivity contribution < 1.29 is 9.47 Å². The Morgan fingerprint density at radius 1 is 1.20 bits per heavy atom. The predicted molar refractivity (Wildman–Crippen MR) is 83.9 cm³/mol. The first kappa shape index (κ1) is 14.9. The summed E-state index contributed by atoms with van der Waals surface area (Å²) in [5, 5.41) is 0.789. The Morgan fingerprint density at radius 3 is 2.60 bits per heavy atom. The molecule has 20 heavy (non-hydrogen) atoms. The number of rotatable bonds is 6. The molecule has 0 radical (unpaired) electrons. The van der Waals surface area contributed by atoms with E-state index in [0.717, 1.165) is 28.6 Å². The first-order valence-electron chi connectivity index (χ1n) is 6.65. The number of para-hydroxylation sites is 2. The van der Waals surface area contributed by atoms with Gasteiger partial charge in [-0.2, -0.15) is 0 Å². The molecule has 0 N–H and O–H groups in total. The Morgan fingerprint density at radius 2 is 1.95 bits per heavy atom. The molecule has 1 heterocycles. The monoisotopic (exact) mass is 335 g/mol. The van der Waals surface area contributed by atoms with Crippen molar-refractivity contribution in [2.45, 2.75) is 25.6 Å². The highest BCUT2D eigenvalue weighted by Gasteiger charge is 2.09. The summed E-state index contributed by atoms with van der Waals surface area (Å²) < 4.78 is 11.6. The normalized spacial score (nSPS) is 10.3. The molecule has 0 amide bonds. The maximum Gasteiger partial charge on any atom is 0.222 e. The Bertz CT molecular complexity index is 572. The predicted octanol–water partition coefficient (Wildman–Crippen LogP) is 4.87. The van der Waals surface area contributed by atoms with E-state index < -0.39 is 0 Å². The number of pyridine rings is 1. The van der Waals surface area contributed by atoms with E-state index in [1.807, 2.05) is 37.4 Å². The van der Waals surface area contributed by atoms with Gasteiger partial charge in [-0.05, 0) is 37.1 Å². The van der Waals surface area contributed by atoms with Crippen molar-refractivity contribution in [1.29, 1.82) is 0 Å². The summed E-state index contributed by atoms with van der Waals surface area (Å²) in [5.41, 5.74) is 2.14. The lowest BCUT2D eigenvalue weighted by atomic mass is 10.2. The van der Waals surface area contributed by atoms with Gasteiger partial charge in [0.05, 0.1) is 6.61 Å². The van der Waals surface area contributed by atoms with Crippen LogP contribution in [0.3, 0.4) is 0 Å². The number of hydrogen-bond donors (Lipinski definition) is 0. The molecule has 0 aliphatic carbocycles. The van der Waals surface area contributed by atoms with E-state index in [-0.39, 0.29) is 0 Å². The molecule has 0 saturated heterocycles. The van der Waals surface area contributed by atoms with Crippen LogP contribution in [0.4, 0.5) is 0 Å². The molecule has 1 aromatic heterocycles. The molecule has 0 bridgehead atoms. The molecule has 0 aliphatic heterocycles. The van der Waals surface area contributed by atoms with Gasteiger partial charge >= 0.3 is 0 Å². The summed E-state index contributed by atoms with van der Waals surface area (Å²) in [4.78, 5) is 4.36. The van der Waals surface area contributed by atoms with E-state index in [9.17, 15) is 0 Å². The smallest absolute Gasteiger partial charge is 0.222 e. The van der Waals surface area contributed by atoms with Crippen LogP contribution in [0.1, 0.15) is 24.5 Å². The third-order valence-corrected chi connectivity index (χ3v) is 3.41. The number of benzene rings is 1. The van der Waals surface area contributed by atoms with Gasteiger partial charge in [0.15, 0.2) is 11.5 Å². The number of alkyl halides is 1. The Balaban J connectivity index is 2.21. The van der Waals surface area contributed by atoms with Crippen molar-refractivity contribution in [2.24, 2.45) is 0 Å². The molecule has 1 aromatic carbocycles. The van der Waals surface area contributed by atoms with Gasteiger partial charge in [0.1, 0.15) is 0 Å². The summed E-state index contributed by atoms with van der Waals surface area (Å²) in [5.74, 6) is 2.06. The molecular formula is C16H18BrNO2. The summed E-state index contributed by atoms with van der Waals surface area (Å²) in [7, 11) is 0. The molecule has 0 atom stereocenters. The standard InChI is InChI=1S/C16H18BrNO2/c1-3-8-19-14-6-4-5-7-15(14)20-16-12(2)9-13(10-17)11-18-16/h4-7,9,11H,3,8,10H2,1-2H3. The van der Waals surface area contributed by atoms with Crippen molar-refractivity contribution in [1.82, 2.24) is 4.98 Å². The van der Waals surface area contributed by atoms with Gasteiger partial charge in [-0.15, -0.1) is 0 Å². The molecule has 0 saturated carbocycles. The van der Waals surface area contributed by atoms with E-state index in [2.05, 4.69) is 33.9 Å². The Kier molecular flexibility index (Phi) is 5.41. The van der Waals surface area contributed by atoms with Crippen LogP contribution >= 0.6 is 15.9 Å². The third kappa shape index (κ3) is 3.73. The quantitative estimate of drug-likeness (QED) is 0.706. The van der Waals surface area contributed by atoms with Gasteiger partial charge in [-0.25, -0.2) is 4.98 Å². The van der Waals surface area contributed by atoms with Crippen LogP contribution in [0.15, 0.2) is 36.5 Å². The topological polar surface area (TPSA) is 31.4 Å². The summed E-state index contributed by atoms with van der Waals surface area (Å²) in [6, 6.07) is 9.73. The first-order valence-corrected chi connectivity index (χ1v) is 7.78. The maximum absolute atomic E-state index is 5.89. The Hall–Kier alpha value is -1.55. The molecule has 0 fully saturated rings. The van der Waals surface area contributed by atoms with Crippen molar-refractivity contribution in [2.75, 3.05) is 6.61 Å². The van der Waals surface area contributed by atoms with Crippen LogP contribution in [0.2, 0.25) is 0 Å². The number of aromatic nitrogens is 1. The second-order valence-electron chi connectivity index (χ2n) is 4.50. The fourth-order valence-electron chi connectivity index (χ4n) is 1.77. The van der Waals surface area contributed by atoms with E-state index in [4.69, 9.17) is 9.47 Å². The average molecular weight is 336 g/mol. The minimum atomic E-state index is 0.613. The Labute approximate surface area is 128 Å². The molecule has 0 spiro atoms. The van der Waals surface area contributed by atoms with Gasteiger partial charge in [0.25, 0.3) is 0 Å². The first-order chi connectivity index (χ1) is 9.74. The minimum absolute atomic E-state index is 0.613. The molecule has 0 unspecified atom stereocenters. The van der Waals surface area contributed by atoms with Crippen LogP contribution in [0, 0.1) is 6.92 Å². The molecule has 2 rings (SSSR count). The van der Waals surface area contributed by atoms with Gasteiger partial charge in [-0.3, -0.25) is 0 Å².